The predicted octanol–water partition coefficient (Wildman–Crippen LogP) is 6.57. The van der Waals surface area contributed by atoms with Crippen molar-refractivity contribution in [3.63, 3.8) is 0 Å². The van der Waals surface area contributed by atoms with E-state index in [-0.39, 0.29) is 16.9 Å². The van der Waals surface area contributed by atoms with E-state index in [9.17, 15) is 20.0 Å². The molecular formula is C30H32N4O4. The first kappa shape index (κ1) is 24.3. The highest BCUT2D eigenvalue weighted by molar-refractivity contribution is 5.98. The molecule has 0 spiro atoms. The van der Waals surface area contributed by atoms with Crippen molar-refractivity contribution in [3.05, 3.63) is 87.5 Å². The number of anilines is 4. The zero-order valence-corrected chi connectivity index (χ0v) is 21.3. The number of carboxylic acids is 1. The lowest BCUT2D eigenvalue weighted by Gasteiger charge is -2.42. The fourth-order valence-corrected chi connectivity index (χ4v) is 6.51. The lowest BCUT2D eigenvalue weighted by molar-refractivity contribution is -0.383. The maximum atomic E-state index is 11.7. The van der Waals surface area contributed by atoms with Gasteiger partial charge in [-0.25, -0.2) is 4.79 Å². The Bertz CT molecular complexity index is 1340. The van der Waals surface area contributed by atoms with Crippen molar-refractivity contribution in [1.82, 2.24) is 0 Å². The average molecular weight is 513 g/mol. The van der Waals surface area contributed by atoms with Gasteiger partial charge in [0.15, 0.2) is 0 Å². The molecule has 8 heteroatoms. The second kappa shape index (κ2) is 10.0. The molecule has 8 nitrogen and oxygen atoms in total. The fourth-order valence-electron chi connectivity index (χ4n) is 6.51. The van der Waals surface area contributed by atoms with Gasteiger partial charge in [0.2, 0.25) is 0 Å². The summed E-state index contributed by atoms with van der Waals surface area (Å²) in [4.78, 5) is 27.5. The van der Waals surface area contributed by atoms with Crippen LogP contribution in [0.2, 0.25) is 0 Å². The molecule has 3 aromatic carbocycles. The Labute approximate surface area is 222 Å². The van der Waals surface area contributed by atoms with Crippen LogP contribution in [0.1, 0.15) is 53.6 Å². The van der Waals surface area contributed by atoms with Crippen LogP contribution >= 0.6 is 0 Å². The molecule has 3 aliphatic rings. The summed E-state index contributed by atoms with van der Waals surface area (Å²) in [5, 5.41) is 24.1. The Morgan fingerprint density at radius 3 is 2.34 bits per heavy atom. The van der Waals surface area contributed by atoms with Gasteiger partial charge in [-0.3, -0.25) is 10.1 Å². The minimum atomic E-state index is -1.21. The van der Waals surface area contributed by atoms with E-state index in [1.165, 1.54) is 73.8 Å². The van der Waals surface area contributed by atoms with Gasteiger partial charge in [-0.1, -0.05) is 31.4 Å². The fraction of sp³-hybridized carbons (Fsp3) is 0.367. The van der Waals surface area contributed by atoms with Crippen LogP contribution in [0.3, 0.4) is 0 Å². The van der Waals surface area contributed by atoms with Crippen molar-refractivity contribution < 1.29 is 14.8 Å². The Morgan fingerprint density at radius 1 is 0.895 bits per heavy atom. The summed E-state index contributed by atoms with van der Waals surface area (Å²) in [5.74, 6) is 0.553. The summed E-state index contributed by atoms with van der Waals surface area (Å²) >= 11 is 0. The third kappa shape index (κ3) is 4.66. The molecule has 0 amide bonds. The molecule has 1 saturated carbocycles. The molecular weight excluding hydrogens is 480 g/mol. The molecule has 1 saturated heterocycles. The van der Waals surface area contributed by atoms with Gasteiger partial charge in [0.1, 0.15) is 5.69 Å². The number of nitrogens with zero attached hydrogens (tertiary/aromatic N) is 3. The monoisotopic (exact) mass is 512 g/mol. The first-order valence-electron chi connectivity index (χ1n) is 13.5. The summed E-state index contributed by atoms with van der Waals surface area (Å²) in [6, 6.07) is 18.8. The largest absolute Gasteiger partial charge is 0.478 e. The van der Waals surface area contributed by atoms with Crippen LogP contribution in [0.5, 0.6) is 0 Å². The van der Waals surface area contributed by atoms with Crippen LogP contribution in [0.4, 0.5) is 28.4 Å². The van der Waals surface area contributed by atoms with Crippen LogP contribution in [0, 0.1) is 22.0 Å². The third-order valence-corrected chi connectivity index (χ3v) is 8.54. The van der Waals surface area contributed by atoms with Crippen molar-refractivity contribution in [2.24, 2.45) is 11.8 Å². The quantitative estimate of drug-likeness (QED) is 0.284. The molecule has 0 aromatic heterocycles. The van der Waals surface area contributed by atoms with Crippen molar-refractivity contribution in [2.75, 3.05) is 28.2 Å². The maximum absolute atomic E-state index is 11.7. The van der Waals surface area contributed by atoms with E-state index >= 15 is 0 Å². The summed E-state index contributed by atoms with van der Waals surface area (Å²) < 4.78 is 0. The molecule has 1 aliphatic carbocycles. The van der Waals surface area contributed by atoms with E-state index in [2.05, 4.69) is 39.4 Å². The van der Waals surface area contributed by atoms with Gasteiger partial charge >= 0.3 is 5.97 Å². The van der Waals surface area contributed by atoms with E-state index in [4.69, 9.17) is 0 Å². The minimum absolute atomic E-state index is 0.00680. The SMILES string of the molecule is O=C(O)c1cccc([N+](=O)[O-])c1Nc1ccc2c(c1)CN(c1ccc(N3CC[C@@H]4CCCC[C@H]4C3)cc1)C2. The zero-order valence-electron chi connectivity index (χ0n) is 21.3. The highest BCUT2D eigenvalue weighted by atomic mass is 16.6. The standard InChI is InChI=1S/C30H32N4O4/c35-30(36)27-6-3-7-28(34(37)38)29(27)31-24-9-8-22-18-33(19-23(22)16-24)26-12-10-25(11-13-26)32-15-14-20-4-1-2-5-21(20)17-32/h3,6-13,16,20-21,31H,1-2,4-5,14-15,17-19H2,(H,35,36)/t20-,21-/m0/s1. The van der Waals surface area contributed by atoms with Gasteiger partial charge in [-0.15, -0.1) is 0 Å². The van der Waals surface area contributed by atoms with Gasteiger partial charge in [0, 0.05) is 49.3 Å². The summed E-state index contributed by atoms with van der Waals surface area (Å²) in [6.45, 7) is 3.83. The van der Waals surface area contributed by atoms with Crippen LogP contribution in [-0.4, -0.2) is 29.1 Å². The predicted molar refractivity (Wildman–Crippen MR) is 148 cm³/mol. The lowest BCUT2D eigenvalue weighted by Crippen LogP contribution is -2.41. The Hall–Kier alpha value is -4.07. The highest BCUT2D eigenvalue weighted by Gasteiger charge is 2.31. The highest BCUT2D eigenvalue weighted by Crippen LogP contribution is 2.39. The Morgan fingerprint density at radius 2 is 1.61 bits per heavy atom. The number of aromatic carboxylic acids is 1. The zero-order chi connectivity index (χ0) is 26.2. The van der Waals surface area contributed by atoms with Crippen molar-refractivity contribution >= 4 is 34.4 Å². The third-order valence-electron chi connectivity index (χ3n) is 8.54. The summed E-state index contributed by atoms with van der Waals surface area (Å²) in [5.41, 5.74) is 5.01. The van der Waals surface area contributed by atoms with E-state index in [0.29, 0.717) is 5.69 Å². The first-order valence-corrected chi connectivity index (χ1v) is 13.5. The minimum Gasteiger partial charge on any atom is -0.478 e. The Balaban J connectivity index is 1.16. The van der Waals surface area contributed by atoms with Gasteiger partial charge in [-0.05, 0) is 78.3 Å². The summed E-state index contributed by atoms with van der Waals surface area (Å²) in [7, 11) is 0. The van der Waals surface area contributed by atoms with Crippen LogP contribution in [0.15, 0.2) is 60.7 Å². The van der Waals surface area contributed by atoms with Crippen LogP contribution in [-0.2, 0) is 13.1 Å². The van der Waals surface area contributed by atoms with Gasteiger partial charge in [-0.2, -0.15) is 0 Å². The number of carboxylic acid groups (broad SMARTS) is 1. The second-order valence-electron chi connectivity index (χ2n) is 10.8. The smallest absolute Gasteiger partial charge is 0.338 e. The molecule has 2 atom stereocenters. The molecule has 196 valence electrons. The number of benzene rings is 3. The molecule has 38 heavy (non-hydrogen) atoms. The number of hydrogen-bond acceptors (Lipinski definition) is 6. The van der Waals surface area contributed by atoms with Gasteiger partial charge in [0.25, 0.3) is 5.69 Å². The van der Waals surface area contributed by atoms with E-state index < -0.39 is 10.9 Å². The first-order chi connectivity index (χ1) is 18.5. The molecule has 6 rings (SSSR count). The average Bonchev–Trinajstić information content (AvgIpc) is 3.36. The van der Waals surface area contributed by atoms with E-state index in [1.807, 2.05) is 18.2 Å². The number of fused-ring (bicyclic) bond motifs is 2. The molecule has 0 unspecified atom stereocenters. The molecule has 2 fully saturated rings. The van der Waals surface area contributed by atoms with E-state index in [1.54, 1.807) is 0 Å². The maximum Gasteiger partial charge on any atom is 0.338 e. The number of carbonyl (C=O) groups is 1. The van der Waals surface area contributed by atoms with Crippen molar-refractivity contribution in [1.29, 1.82) is 0 Å². The molecule has 3 aromatic rings. The van der Waals surface area contributed by atoms with Gasteiger partial charge in [0.05, 0.1) is 10.5 Å². The normalized spacial score (nSPS) is 20.5. The summed E-state index contributed by atoms with van der Waals surface area (Å²) in [6.07, 6.45) is 6.87. The number of piperidine rings is 1. The van der Waals surface area contributed by atoms with Crippen molar-refractivity contribution in [3.8, 4) is 0 Å². The number of para-hydroxylation sites is 1. The number of nitro benzene ring substituents is 1. The lowest BCUT2D eigenvalue weighted by atomic mass is 9.75. The number of rotatable bonds is 6. The number of nitrogens with one attached hydrogen (secondary N) is 1. The van der Waals surface area contributed by atoms with Crippen molar-refractivity contribution in [2.45, 2.75) is 45.2 Å². The number of nitro groups is 1. The molecule has 0 radical (unpaired) electrons. The molecule has 0 bridgehead atoms. The van der Waals surface area contributed by atoms with E-state index in [0.717, 1.165) is 37.0 Å². The molecule has 2 N–H and O–H groups in total. The topological polar surface area (TPSA) is 98.9 Å². The Kier molecular flexibility index (Phi) is 6.39. The second-order valence-corrected chi connectivity index (χ2v) is 10.8. The van der Waals surface area contributed by atoms with Gasteiger partial charge < -0.3 is 20.2 Å². The van der Waals surface area contributed by atoms with Crippen LogP contribution in [0.25, 0.3) is 0 Å². The molecule has 2 aliphatic heterocycles. The number of hydrogen-bond donors (Lipinski definition) is 2. The molecule has 2 heterocycles. The van der Waals surface area contributed by atoms with Crippen LogP contribution < -0.4 is 15.1 Å².